The summed E-state index contributed by atoms with van der Waals surface area (Å²) in [6.07, 6.45) is 1.05. The summed E-state index contributed by atoms with van der Waals surface area (Å²) in [7, 11) is 1.61. The molecule has 0 spiro atoms. The number of halogens is 1. The van der Waals surface area contributed by atoms with Crippen LogP contribution < -0.4 is 10.5 Å². The topological polar surface area (TPSA) is 52.3 Å². The Kier molecular flexibility index (Phi) is 4.96. The normalized spacial score (nSPS) is 12.2. The first kappa shape index (κ1) is 13.2. The highest BCUT2D eigenvalue weighted by Gasteiger charge is 2.12. The van der Waals surface area contributed by atoms with Gasteiger partial charge in [-0.2, -0.15) is 0 Å². The fourth-order valence-electron chi connectivity index (χ4n) is 1.38. The van der Waals surface area contributed by atoms with Crippen molar-refractivity contribution in [3.05, 3.63) is 28.2 Å². The molecule has 88 valence electrons. The molecule has 3 nitrogen and oxygen atoms in total. The van der Waals surface area contributed by atoms with E-state index in [9.17, 15) is 4.79 Å². The zero-order valence-electron chi connectivity index (χ0n) is 9.50. The number of ether oxygens (including phenoxy) is 1. The van der Waals surface area contributed by atoms with Gasteiger partial charge in [0.2, 0.25) is 0 Å². The zero-order valence-corrected chi connectivity index (χ0v) is 11.1. The highest BCUT2D eigenvalue weighted by molar-refractivity contribution is 9.10. The van der Waals surface area contributed by atoms with Crippen molar-refractivity contribution in [2.75, 3.05) is 7.11 Å². The molecule has 0 aromatic heterocycles. The third kappa shape index (κ3) is 3.32. The Bertz CT molecular complexity index is 379. The quantitative estimate of drug-likeness (QED) is 0.903. The van der Waals surface area contributed by atoms with Crippen molar-refractivity contribution in [1.29, 1.82) is 0 Å². The van der Waals surface area contributed by atoms with Gasteiger partial charge in [-0.1, -0.05) is 13.0 Å². The lowest BCUT2D eigenvalue weighted by Crippen LogP contribution is -2.30. The van der Waals surface area contributed by atoms with Crippen molar-refractivity contribution in [2.45, 2.75) is 25.8 Å². The molecule has 0 amide bonds. The van der Waals surface area contributed by atoms with Gasteiger partial charge in [-0.3, -0.25) is 4.79 Å². The van der Waals surface area contributed by atoms with Crippen LogP contribution in [0.4, 0.5) is 0 Å². The summed E-state index contributed by atoms with van der Waals surface area (Å²) in [4.78, 5) is 11.6. The molecule has 0 heterocycles. The van der Waals surface area contributed by atoms with Crippen LogP contribution in [0.3, 0.4) is 0 Å². The Hall–Kier alpha value is -0.870. The molecule has 0 aliphatic carbocycles. The van der Waals surface area contributed by atoms with Crippen molar-refractivity contribution in [3.63, 3.8) is 0 Å². The number of hydrogen-bond acceptors (Lipinski definition) is 3. The van der Waals surface area contributed by atoms with Crippen molar-refractivity contribution in [3.8, 4) is 5.75 Å². The predicted molar refractivity (Wildman–Crippen MR) is 67.7 cm³/mol. The van der Waals surface area contributed by atoms with Crippen molar-refractivity contribution in [1.82, 2.24) is 0 Å². The maximum atomic E-state index is 11.6. The maximum absolute atomic E-state index is 11.6. The largest absolute Gasteiger partial charge is 0.496 e. The molecule has 0 bridgehead atoms. The molecule has 1 atom stereocenters. The van der Waals surface area contributed by atoms with E-state index in [-0.39, 0.29) is 11.8 Å². The first-order chi connectivity index (χ1) is 7.58. The molecule has 4 heteroatoms. The second-order valence-electron chi connectivity index (χ2n) is 3.63. The lowest BCUT2D eigenvalue weighted by atomic mass is 10.0. The SMILES string of the molecule is CCC(N)C(=O)Cc1ccc(OC)c(Br)c1. The molecule has 16 heavy (non-hydrogen) atoms. The summed E-state index contributed by atoms with van der Waals surface area (Å²) >= 11 is 3.38. The number of hydrogen-bond donors (Lipinski definition) is 1. The molecule has 0 saturated heterocycles. The molecule has 0 radical (unpaired) electrons. The Morgan fingerprint density at radius 2 is 2.25 bits per heavy atom. The van der Waals surface area contributed by atoms with Gasteiger partial charge in [0.15, 0.2) is 5.78 Å². The Balaban J connectivity index is 2.75. The van der Waals surface area contributed by atoms with Crippen molar-refractivity contribution >= 4 is 21.7 Å². The fraction of sp³-hybridized carbons (Fsp3) is 0.417. The molecule has 0 saturated carbocycles. The molecular formula is C12H16BrNO2. The number of ketones is 1. The van der Waals surface area contributed by atoms with Crippen LogP contribution in [0.1, 0.15) is 18.9 Å². The Labute approximate surface area is 104 Å². The molecular weight excluding hydrogens is 270 g/mol. The lowest BCUT2D eigenvalue weighted by molar-refractivity contribution is -0.119. The summed E-state index contributed by atoms with van der Waals surface area (Å²) in [5, 5.41) is 0. The van der Waals surface area contributed by atoms with Crippen LogP contribution >= 0.6 is 15.9 Å². The lowest BCUT2D eigenvalue weighted by Gasteiger charge is -2.09. The van der Waals surface area contributed by atoms with Crippen LogP contribution in [0, 0.1) is 0 Å². The van der Waals surface area contributed by atoms with Gasteiger partial charge < -0.3 is 10.5 Å². The third-order valence-electron chi connectivity index (χ3n) is 2.45. The summed E-state index contributed by atoms with van der Waals surface area (Å²) in [5.41, 5.74) is 6.62. The molecule has 2 N–H and O–H groups in total. The molecule has 0 aliphatic heterocycles. The highest BCUT2D eigenvalue weighted by atomic mass is 79.9. The van der Waals surface area contributed by atoms with Crippen LogP contribution in [0.2, 0.25) is 0 Å². The summed E-state index contributed by atoms with van der Waals surface area (Å²) in [6.45, 7) is 1.91. The minimum absolute atomic E-state index is 0.0690. The van der Waals surface area contributed by atoms with Crippen LogP contribution in [0.5, 0.6) is 5.75 Å². The zero-order chi connectivity index (χ0) is 12.1. The number of Topliss-reactive ketones (excluding diaryl/α,β-unsaturated/α-hetero) is 1. The van der Waals surface area contributed by atoms with E-state index in [0.717, 1.165) is 15.8 Å². The minimum Gasteiger partial charge on any atom is -0.496 e. The second-order valence-corrected chi connectivity index (χ2v) is 4.48. The monoisotopic (exact) mass is 285 g/mol. The van der Waals surface area contributed by atoms with Crippen LogP contribution in [0.15, 0.2) is 22.7 Å². The number of carbonyl (C=O) groups is 1. The summed E-state index contributed by atoms with van der Waals surface area (Å²) < 4.78 is 5.97. The first-order valence-corrected chi connectivity index (χ1v) is 5.98. The average Bonchev–Trinajstić information content (AvgIpc) is 2.28. The molecule has 1 aromatic rings. The number of benzene rings is 1. The number of rotatable bonds is 5. The van der Waals surface area contributed by atoms with Gasteiger partial charge in [0.05, 0.1) is 17.6 Å². The Morgan fingerprint density at radius 3 is 2.75 bits per heavy atom. The highest BCUT2D eigenvalue weighted by Crippen LogP contribution is 2.25. The molecule has 1 rings (SSSR count). The standard InChI is InChI=1S/C12H16BrNO2/c1-3-10(14)11(15)7-8-4-5-12(16-2)9(13)6-8/h4-6,10H,3,7,14H2,1-2H3. The van der Waals surface area contributed by atoms with Crippen molar-refractivity contribution in [2.24, 2.45) is 5.73 Å². The minimum atomic E-state index is -0.360. The van der Waals surface area contributed by atoms with E-state index in [2.05, 4.69) is 15.9 Å². The van der Waals surface area contributed by atoms with E-state index in [0.29, 0.717) is 12.8 Å². The average molecular weight is 286 g/mol. The fourth-order valence-corrected chi connectivity index (χ4v) is 1.97. The molecule has 1 aromatic carbocycles. The van der Waals surface area contributed by atoms with Crippen molar-refractivity contribution < 1.29 is 9.53 Å². The van der Waals surface area contributed by atoms with E-state index in [4.69, 9.17) is 10.5 Å². The van der Waals surface area contributed by atoms with Crippen LogP contribution in [-0.4, -0.2) is 18.9 Å². The van der Waals surface area contributed by atoms with Crippen LogP contribution in [0.25, 0.3) is 0 Å². The van der Waals surface area contributed by atoms with Crippen LogP contribution in [-0.2, 0) is 11.2 Å². The second kappa shape index (κ2) is 6.01. The third-order valence-corrected chi connectivity index (χ3v) is 3.07. The maximum Gasteiger partial charge on any atom is 0.153 e. The predicted octanol–water partition coefficient (Wildman–Crippen LogP) is 2.31. The van der Waals surface area contributed by atoms with E-state index in [1.807, 2.05) is 25.1 Å². The Morgan fingerprint density at radius 1 is 1.56 bits per heavy atom. The van der Waals surface area contributed by atoms with Gasteiger partial charge in [0.1, 0.15) is 5.75 Å². The summed E-state index contributed by atoms with van der Waals surface area (Å²) in [6, 6.07) is 5.24. The number of carbonyl (C=O) groups excluding carboxylic acids is 1. The first-order valence-electron chi connectivity index (χ1n) is 5.19. The van der Waals surface area contributed by atoms with Gasteiger partial charge in [-0.15, -0.1) is 0 Å². The van der Waals surface area contributed by atoms with E-state index < -0.39 is 0 Å². The van der Waals surface area contributed by atoms with Gasteiger partial charge >= 0.3 is 0 Å². The van der Waals surface area contributed by atoms with Gasteiger partial charge in [-0.05, 0) is 40.0 Å². The van der Waals surface area contributed by atoms with E-state index >= 15 is 0 Å². The molecule has 0 aliphatic rings. The summed E-state index contributed by atoms with van der Waals surface area (Å²) in [5.74, 6) is 0.829. The molecule has 0 fully saturated rings. The van der Waals surface area contributed by atoms with Gasteiger partial charge in [0, 0.05) is 6.42 Å². The number of nitrogens with two attached hydrogens (primary N) is 1. The van der Waals surface area contributed by atoms with Gasteiger partial charge in [-0.25, -0.2) is 0 Å². The number of methoxy groups -OCH3 is 1. The van der Waals surface area contributed by atoms with E-state index in [1.54, 1.807) is 7.11 Å². The van der Waals surface area contributed by atoms with Gasteiger partial charge in [0.25, 0.3) is 0 Å². The van der Waals surface area contributed by atoms with E-state index in [1.165, 1.54) is 0 Å². The smallest absolute Gasteiger partial charge is 0.153 e. The molecule has 1 unspecified atom stereocenters.